The van der Waals surface area contributed by atoms with Crippen LogP contribution in [0.15, 0.2) is 73.1 Å². The molecule has 4 rings (SSSR count). The molecular weight excluding hydrogens is 454 g/mol. The molecule has 1 aromatic heterocycles. The van der Waals surface area contributed by atoms with Gasteiger partial charge in [-0.15, -0.1) is 0 Å². The molecule has 1 saturated heterocycles. The van der Waals surface area contributed by atoms with E-state index in [1.165, 1.54) is 48.7 Å². The summed E-state index contributed by atoms with van der Waals surface area (Å²) in [6.45, 7) is 2.22. The number of carbonyl (C=O) groups is 2. The summed E-state index contributed by atoms with van der Waals surface area (Å²) in [5.41, 5.74) is 1.06. The Hall–Kier alpha value is -4.11. The Morgan fingerprint density at radius 1 is 1.03 bits per heavy atom. The number of nitrogens with zero attached hydrogens (tertiary/aromatic N) is 3. The summed E-state index contributed by atoms with van der Waals surface area (Å²) in [4.78, 5) is 32.3. The number of carbonyl (C=O) groups excluding carboxylic acids is 2. The van der Waals surface area contributed by atoms with Crippen molar-refractivity contribution < 1.29 is 23.1 Å². The number of piperazine rings is 1. The van der Waals surface area contributed by atoms with Crippen LogP contribution in [0.3, 0.4) is 0 Å². The summed E-state index contributed by atoms with van der Waals surface area (Å²) in [5, 5.41) is 2.73. The van der Waals surface area contributed by atoms with Gasteiger partial charge >= 0.3 is 0 Å². The van der Waals surface area contributed by atoms with Crippen LogP contribution >= 0.6 is 0 Å². The summed E-state index contributed by atoms with van der Waals surface area (Å²) in [7, 11) is 0. The van der Waals surface area contributed by atoms with Crippen LogP contribution in [0.2, 0.25) is 0 Å². The van der Waals surface area contributed by atoms with E-state index in [9.17, 15) is 18.4 Å². The van der Waals surface area contributed by atoms with Gasteiger partial charge in [-0.1, -0.05) is 6.07 Å². The molecule has 1 fully saturated rings. The van der Waals surface area contributed by atoms with Gasteiger partial charge in [0.1, 0.15) is 11.6 Å². The molecule has 1 aliphatic heterocycles. The standard InChI is InChI=1S/C26H24F2N4O3/c27-20-5-7-21(8-6-20)30-25(33)18-31-12-14-32(15-13-31)26(34)10-4-19-3-9-24(23(28)16-19)35-22-2-1-11-29-17-22/h1-11,16-17H,12-15,18H2,(H,30,33)/b10-4+. The molecule has 35 heavy (non-hydrogen) atoms. The van der Waals surface area contributed by atoms with E-state index in [1.54, 1.807) is 35.4 Å². The Labute approximate surface area is 201 Å². The number of halogens is 2. The van der Waals surface area contributed by atoms with Crippen LogP contribution in [0.4, 0.5) is 14.5 Å². The summed E-state index contributed by atoms with van der Waals surface area (Å²) in [5.74, 6) is -0.797. The van der Waals surface area contributed by atoms with Crippen LogP contribution in [-0.2, 0) is 9.59 Å². The molecule has 0 unspecified atom stereocenters. The largest absolute Gasteiger partial charge is 0.453 e. The summed E-state index contributed by atoms with van der Waals surface area (Å²) < 4.78 is 32.8. The molecule has 180 valence electrons. The van der Waals surface area contributed by atoms with Gasteiger partial charge in [0.05, 0.1) is 12.7 Å². The smallest absolute Gasteiger partial charge is 0.246 e. The van der Waals surface area contributed by atoms with Gasteiger partial charge in [-0.05, 0) is 60.2 Å². The van der Waals surface area contributed by atoms with E-state index in [4.69, 9.17) is 4.74 Å². The van der Waals surface area contributed by atoms with Crippen molar-refractivity contribution in [1.29, 1.82) is 0 Å². The van der Waals surface area contributed by atoms with Gasteiger partial charge in [0.25, 0.3) is 0 Å². The Kier molecular flexibility index (Phi) is 7.79. The molecule has 0 atom stereocenters. The first-order chi connectivity index (χ1) is 17.0. The molecule has 1 aliphatic rings. The number of aromatic nitrogens is 1. The van der Waals surface area contributed by atoms with Crippen molar-refractivity contribution in [3.8, 4) is 11.5 Å². The number of nitrogens with one attached hydrogen (secondary N) is 1. The number of pyridine rings is 1. The Morgan fingerprint density at radius 3 is 2.49 bits per heavy atom. The van der Waals surface area contributed by atoms with E-state index < -0.39 is 5.82 Å². The van der Waals surface area contributed by atoms with Gasteiger partial charge in [-0.25, -0.2) is 8.78 Å². The maximum atomic E-state index is 14.4. The van der Waals surface area contributed by atoms with Crippen LogP contribution in [0.25, 0.3) is 6.08 Å². The highest BCUT2D eigenvalue weighted by molar-refractivity contribution is 5.93. The second-order valence-corrected chi connectivity index (χ2v) is 7.97. The second-order valence-electron chi connectivity index (χ2n) is 7.97. The van der Waals surface area contributed by atoms with Gasteiger partial charge < -0.3 is 15.0 Å². The maximum Gasteiger partial charge on any atom is 0.246 e. The lowest BCUT2D eigenvalue weighted by atomic mass is 10.2. The first-order valence-electron chi connectivity index (χ1n) is 11.1. The minimum Gasteiger partial charge on any atom is -0.453 e. The quantitative estimate of drug-likeness (QED) is 0.521. The number of hydrogen-bond donors (Lipinski definition) is 1. The molecule has 0 bridgehead atoms. The van der Waals surface area contributed by atoms with Gasteiger partial charge in [-0.2, -0.15) is 0 Å². The molecule has 0 saturated carbocycles. The zero-order valence-electron chi connectivity index (χ0n) is 18.9. The fraction of sp³-hybridized carbons (Fsp3) is 0.192. The molecule has 0 radical (unpaired) electrons. The van der Waals surface area contributed by atoms with E-state index in [2.05, 4.69) is 10.3 Å². The molecule has 3 aromatic rings. The average Bonchev–Trinajstić information content (AvgIpc) is 2.86. The van der Waals surface area contributed by atoms with E-state index in [0.717, 1.165) is 0 Å². The summed E-state index contributed by atoms with van der Waals surface area (Å²) in [6.07, 6.45) is 6.06. The van der Waals surface area contributed by atoms with Crippen molar-refractivity contribution in [2.24, 2.45) is 0 Å². The normalized spacial score (nSPS) is 14.2. The highest BCUT2D eigenvalue weighted by Crippen LogP contribution is 2.25. The summed E-state index contributed by atoms with van der Waals surface area (Å²) >= 11 is 0. The molecule has 2 aromatic carbocycles. The van der Waals surface area contributed by atoms with E-state index in [0.29, 0.717) is 43.2 Å². The highest BCUT2D eigenvalue weighted by Gasteiger charge is 2.21. The van der Waals surface area contributed by atoms with Crippen molar-refractivity contribution >= 4 is 23.6 Å². The molecule has 0 aliphatic carbocycles. The highest BCUT2D eigenvalue weighted by atomic mass is 19.1. The number of rotatable bonds is 7. The number of ether oxygens (including phenoxy) is 1. The Bertz CT molecular complexity index is 1190. The first kappa shape index (κ1) is 24.0. The van der Waals surface area contributed by atoms with Crippen LogP contribution in [0.5, 0.6) is 11.5 Å². The lowest BCUT2D eigenvalue weighted by Gasteiger charge is -2.33. The Morgan fingerprint density at radius 2 is 1.80 bits per heavy atom. The molecule has 0 spiro atoms. The van der Waals surface area contributed by atoms with E-state index in [-0.39, 0.29) is 29.9 Å². The van der Waals surface area contributed by atoms with Crippen LogP contribution in [-0.4, -0.2) is 59.3 Å². The minimum absolute atomic E-state index is 0.0704. The van der Waals surface area contributed by atoms with Crippen molar-refractivity contribution in [2.45, 2.75) is 0 Å². The monoisotopic (exact) mass is 478 g/mol. The number of benzene rings is 2. The first-order valence-corrected chi connectivity index (χ1v) is 11.1. The predicted molar refractivity (Wildman–Crippen MR) is 128 cm³/mol. The lowest BCUT2D eigenvalue weighted by Crippen LogP contribution is -2.50. The van der Waals surface area contributed by atoms with Gasteiger partial charge in [-0.3, -0.25) is 19.5 Å². The summed E-state index contributed by atoms with van der Waals surface area (Å²) in [6, 6.07) is 13.4. The van der Waals surface area contributed by atoms with E-state index in [1.807, 2.05) is 4.90 Å². The SMILES string of the molecule is O=C(CN1CCN(C(=O)/C=C/c2ccc(Oc3cccnc3)c(F)c2)CC1)Nc1ccc(F)cc1. The molecule has 9 heteroatoms. The van der Waals surface area contributed by atoms with Crippen LogP contribution < -0.4 is 10.1 Å². The maximum absolute atomic E-state index is 14.4. The van der Waals surface area contributed by atoms with Crippen molar-refractivity contribution in [2.75, 3.05) is 38.0 Å². The van der Waals surface area contributed by atoms with Gasteiger partial charge in [0.2, 0.25) is 11.8 Å². The van der Waals surface area contributed by atoms with Crippen molar-refractivity contribution in [3.05, 3.63) is 90.3 Å². The fourth-order valence-electron chi connectivity index (χ4n) is 3.57. The Balaban J connectivity index is 1.24. The number of hydrogen-bond acceptors (Lipinski definition) is 5. The third-order valence-electron chi connectivity index (χ3n) is 5.42. The predicted octanol–water partition coefficient (Wildman–Crippen LogP) is 3.95. The number of amides is 2. The van der Waals surface area contributed by atoms with Crippen molar-refractivity contribution in [3.63, 3.8) is 0 Å². The average molecular weight is 478 g/mol. The third-order valence-corrected chi connectivity index (χ3v) is 5.42. The minimum atomic E-state index is -0.545. The zero-order chi connectivity index (χ0) is 24.6. The molecular formula is C26H24F2N4O3. The molecule has 7 nitrogen and oxygen atoms in total. The molecule has 2 amide bonds. The second kappa shape index (κ2) is 11.3. The van der Waals surface area contributed by atoms with Gasteiger partial charge in [0, 0.05) is 44.1 Å². The topological polar surface area (TPSA) is 74.8 Å². The third kappa shape index (κ3) is 6.94. The lowest BCUT2D eigenvalue weighted by molar-refractivity contribution is -0.127. The van der Waals surface area contributed by atoms with Crippen LogP contribution in [0, 0.1) is 11.6 Å². The van der Waals surface area contributed by atoms with Crippen molar-refractivity contribution in [1.82, 2.24) is 14.8 Å². The number of anilines is 1. The zero-order valence-corrected chi connectivity index (χ0v) is 18.9. The molecule has 1 N–H and O–H groups in total. The molecule has 2 heterocycles. The van der Waals surface area contributed by atoms with Gasteiger partial charge in [0.15, 0.2) is 11.6 Å². The van der Waals surface area contributed by atoms with Crippen LogP contribution in [0.1, 0.15) is 5.56 Å². The fourth-order valence-corrected chi connectivity index (χ4v) is 3.57. The van der Waals surface area contributed by atoms with E-state index >= 15 is 0 Å².